The summed E-state index contributed by atoms with van der Waals surface area (Å²) in [7, 11) is 0. The monoisotopic (exact) mass is 852 g/mol. The first-order valence-electron chi connectivity index (χ1n) is 20.1. The van der Waals surface area contributed by atoms with E-state index in [9.17, 15) is 28.8 Å². The Labute approximate surface area is 363 Å². The Kier molecular flexibility index (Phi) is 13.2. The summed E-state index contributed by atoms with van der Waals surface area (Å²) >= 11 is 0. The van der Waals surface area contributed by atoms with Crippen molar-refractivity contribution < 1.29 is 28.8 Å². The zero-order valence-corrected chi connectivity index (χ0v) is 34.9. The Morgan fingerprint density at radius 1 is 0.270 bits per heavy atom. The van der Waals surface area contributed by atoms with E-state index >= 15 is 0 Å². The quantitative estimate of drug-likeness (QED) is 0.0770. The normalized spacial score (nSPS) is 15.3. The van der Waals surface area contributed by atoms with Crippen molar-refractivity contribution in [3.8, 4) is 0 Å². The van der Waals surface area contributed by atoms with Crippen LogP contribution in [0.4, 0.5) is 62.9 Å². The molecule has 0 spiro atoms. The summed E-state index contributed by atoms with van der Waals surface area (Å²) in [5.41, 5.74) is 8.59. The molecule has 0 atom stereocenters. The molecule has 0 aromatic heterocycles. The minimum atomic E-state index is -0.541. The van der Waals surface area contributed by atoms with Gasteiger partial charge in [0.2, 0.25) is 0 Å². The summed E-state index contributed by atoms with van der Waals surface area (Å²) in [5.74, 6) is 0. The van der Waals surface area contributed by atoms with Crippen molar-refractivity contribution in [2.45, 2.75) is 60.0 Å². The van der Waals surface area contributed by atoms with E-state index in [4.69, 9.17) is 0 Å². The van der Waals surface area contributed by atoms with Crippen molar-refractivity contribution >= 4 is 70.3 Å². The molecule has 8 rings (SSSR count). The number of fused-ring (bicyclic) bond motifs is 18. The van der Waals surface area contributed by atoms with Gasteiger partial charge in [0.05, 0.1) is 34.1 Å². The van der Waals surface area contributed by atoms with E-state index in [2.05, 4.69) is 63.8 Å². The molecule has 0 unspecified atom stereocenters. The summed E-state index contributed by atoms with van der Waals surface area (Å²) in [6, 6.07) is 23.2. The van der Waals surface area contributed by atoms with Crippen molar-refractivity contribution in [3.63, 3.8) is 0 Å². The van der Waals surface area contributed by atoms with Gasteiger partial charge in [0.15, 0.2) is 0 Å². The second-order valence-corrected chi connectivity index (χ2v) is 15.3. The lowest BCUT2D eigenvalue weighted by Gasteiger charge is -2.18. The van der Waals surface area contributed by atoms with Crippen LogP contribution in [-0.2, 0) is 39.3 Å². The zero-order chi connectivity index (χ0) is 44.5. The van der Waals surface area contributed by atoms with Crippen molar-refractivity contribution in [2.24, 2.45) is 0 Å². The topological polar surface area (TPSA) is 247 Å². The Bertz CT molecular complexity index is 2310. The number of urea groups is 6. The molecule has 0 fully saturated rings. The minimum Gasteiger partial charge on any atom is -0.334 e. The number of rotatable bonds is 0. The molecule has 18 heteroatoms. The molecule has 5 aromatic carbocycles. The SMILES string of the molecule is Cc1ccc2c(c1)NC(=O)NCc1cc3cc(c1)CNC(=O)Nc1cc(C)ccc1NC(=O)NCc1cc(cc(c1)CNC(=O)Nc1ccc(C)cc1NC(=O)NC3)CNC(=O)N2. The van der Waals surface area contributed by atoms with Gasteiger partial charge in [0.25, 0.3) is 0 Å². The van der Waals surface area contributed by atoms with Gasteiger partial charge in [-0.3, -0.25) is 0 Å². The summed E-state index contributed by atoms with van der Waals surface area (Å²) < 4.78 is 0. The third-order valence-electron chi connectivity index (χ3n) is 9.96. The van der Waals surface area contributed by atoms with Crippen LogP contribution in [-0.4, -0.2) is 36.2 Å². The number of hydrogen-bond acceptors (Lipinski definition) is 6. The van der Waals surface area contributed by atoms with Gasteiger partial charge >= 0.3 is 36.2 Å². The first-order valence-corrected chi connectivity index (χ1v) is 20.1. The molecule has 3 heterocycles. The second kappa shape index (κ2) is 19.4. The number of nitrogens with one attached hydrogen (secondary N) is 12. The zero-order valence-electron chi connectivity index (χ0n) is 34.9. The number of amides is 12. The first kappa shape index (κ1) is 42.8. The van der Waals surface area contributed by atoms with Crippen LogP contribution in [0.2, 0.25) is 0 Å². The van der Waals surface area contributed by atoms with E-state index in [0.29, 0.717) is 67.5 Å². The van der Waals surface area contributed by atoms with Crippen LogP contribution in [0.15, 0.2) is 91.0 Å². The number of anilines is 6. The Morgan fingerprint density at radius 2 is 0.460 bits per heavy atom. The van der Waals surface area contributed by atoms with Gasteiger partial charge < -0.3 is 63.8 Å². The lowest BCUT2D eigenvalue weighted by Crippen LogP contribution is -2.32. The average Bonchev–Trinajstić information content (AvgIpc) is 3.24. The predicted octanol–water partition coefficient (Wildman–Crippen LogP) is 7.17. The summed E-state index contributed by atoms with van der Waals surface area (Å²) in [6.45, 7) is 5.91. The lowest BCUT2D eigenvalue weighted by molar-refractivity contribution is 0.250. The van der Waals surface area contributed by atoms with Gasteiger partial charge in [0.1, 0.15) is 0 Å². The van der Waals surface area contributed by atoms with Crippen LogP contribution < -0.4 is 63.8 Å². The molecular weight excluding hydrogens is 805 g/mol. The molecule has 0 aliphatic carbocycles. The van der Waals surface area contributed by atoms with Crippen molar-refractivity contribution in [1.29, 1.82) is 0 Å². The maximum atomic E-state index is 13.4. The van der Waals surface area contributed by atoms with Gasteiger partial charge in [-0.2, -0.15) is 0 Å². The standard InChI is InChI=1S/C45H48N12O6/c1-25-4-7-34-37(10-25)55-43(61)49-22-31-16-32-18-33(17-31)24-51-45(63)57-39-12-27(3)6-9-36(39)54-42(60)48-21-30-14-28(19-46-40(58)52-34)13-29(15-30)20-47-41(59)53-35-8-5-26(2)11-38(35)56-44(62)50-23-32/h4-18H,19-24H2,1-3H3,(H2,46,52,58)(H2,47,53,59)(H2,48,54,60)(H2,49,55,61)(H2,50,56,62)(H2,51,57,63). The van der Waals surface area contributed by atoms with Gasteiger partial charge in [-0.05, 0) is 107 Å². The molecule has 12 amide bonds. The second-order valence-electron chi connectivity index (χ2n) is 15.3. The largest absolute Gasteiger partial charge is 0.334 e. The molecule has 63 heavy (non-hydrogen) atoms. The average molecular weight is 853 g/mol. The van der Waals surface area contributed by atoms with Crippen LogP contribution in [0.5, 0.6) is 0 Å². The fourth-order valence-corrected chi connectivity index (χ4v) is 7.00. The van der Waals surface area contributed by atoms with Crippen molar-refractivity contribution in [3.05, 3.63) is 141 Å². The van der Waals surface area contributed by atoms with Crippen LogP contribution in [0.1, 0.15) is 50.1 Å². The van der Waals surface area contributed by atoms with E-state index < -0.39 is 36.2 Å². The Balaban J connectivity index is 1.28. The number of benzene rings is 5. The highest BCUT2D eigenvalue weighted by molar-refractivity contribution is 6.00. The van der Waals surface area contributed by atoms with Crippen molar-refractivity contribution in [1.82, 2.24) is 31.9 Å². The third-order valence-corrected chi connectivity index (χ3v) is 9.96. The molecule has 0 saturated carbocycles. The number of carbonyl (C=O) groups excluding carboxylic acids is 6. The van der Waals surface area contributed by atoms with Gasteiger partial charge in [0, 0.05) is 39.3 Å². The smallest absolute Gasteiger partial charge is 0.319 e. The highest BCUT2D eigenvalue weighted by Gasteiger charge is 2.16. The summed E-state index contributed by atoms with van der Waals surface area (Å²) in [5, 5.41) is 34.1. The van der Waals surface area contributed by atoms with E-state index in [1.807, 2.05) is 57.2 Å². The minimum absolute atomic E-state index is 0.0575. The molecule has 0 radical (unpaired) electrons. The Hall–Kier alpha value is -8.28. The number of hydrogen-bond donors (Lipinski definition) is 12. The fourth-order valence-electron chi connectivity index (χ4n) is 7.00. The molecule has 12 N–H and O–H groups in total. The number of aryl methyl sites for hydroxylation is 3. The van der Waals surface area contributed by atoms with Crippen LogP contribution in [0.25, 0.3) is 0 Å². The maximum Gasteiger partial charge on any atom is 0.319 e. The van der Waals surface area contributed by atoms with Crippen LogP contribution in [0.3, 0.4) is 0 Å². The molecule has 3 aliphatic rings. The van der Waals surface area contributed by atoms with E-state index in [-0.39, 0.29) is 39.3 Å². The summed E-state index contributed by atoms with van der Waals surface area (Å²) in [6.07, 6.45) is 0. The maximum absolute atomic E-state index is 13.4. The molecule has 18 nitrogen and oxygen atoms in total. The molecular formula is C45H48N12O6. The van der Waals surface area contributed by atoms with E-state index in [1.54, 1.807) is 54.6 Å². The van der Waals surface area contributed by atoms with Crippen molar-refractivity contribution in [2.75, 3.05) is 31.9 Å². The third kappa shape index (κ3) is 12.2. The molecule has 324 valence electrons. The highest BCUT2D eigenvalue weighted by atomic mass is 16.2. The highest BCUT2D eigenvalue weighted by Crippen LogP contribution is 2.26. The molecule has 5 aromatic rings. The van der Waals surface area contributed by atoms with Gasteiger partial charge in [-0.25, -0.2) is 28.8 Å². The summed E-state index contributed by atoms with van der Waals surface area (Å²) in [4.78, 5) is 80.1. The Morgan fingerprint density at radius 3 is 0.667 bits per heavy atom. The fraction of sp³-hybridized carbons (Fsp3) is 0.200. The van der Waals surface area contributed by atoms with E-state index in [1.165, 1.54) is 0 Å². The van der Waals surface area contributed by atoms with Crippen LogP contribution in [0, 0.1) is 20.8 Å². The first-order chi connectivity index (χ1) is 30.3. The van der Waals surface area contributed by atoms with E-state index in [0.717, 1.165) is 16.7 Å². The number of carbonyl (C=O) groups is 6. The predicted molar refractivity (Wildman–Crippen MR) is 242 cm³/mol. The lowest BCUT2D eigenvalue weighted by atomic mass is 10.0. The molecule has 6 bridgehead atoms. The van der Waals surface area contributed by atoms with Crippen LogP contribution >= 0.6 is 0 Å². The molecule has 0 saturated heterocycles. The van der Waals surface area contributed by atoms with Gasteiger partial charge in [-0.1, -0.05) is 54.6 Å². The van der Waals surface area contributed by atoms with Gasteiger partial charge in [-0.15, -0.1) is 0 Å². The molecule has 3 aliphatic heterocycles.